The second-order valence-corrected chi connectivity index (χ2v) is 7.31. The van der Waals surface area contributed by atoms with E-state index in [1.54, 1.807) is 12.1 Å². The van der Waals surface area contributed by atoms with E-state index in [1.165, 1.54) is 43.8 Å². The quantitative estimate of drug-likeness (QED) is 0.713. The van der Waals surface area contributed by atoms with Crippen molar-refractivity contribution in [2.45, 2.75) is 23.9 Å². The Morgan fingerprint density at radius 2 is 2.00 bits per heavy atom. The number of halogens is 1. The standard InChI is InChI=1S/C17H19FN2O5S/c1-25-14-4-6-15(7-5-14)26(23,24)20(16(8-9-18)17(21)22)12-13-3-2-10-19-11-13/h2-7,10-11,16H,8-9,12H2,1H3,(H,21,22)/t16-/m1/s1. The van der Waals surface area contributed by atoms with Gasteiger partial charge in [-0.25, -0.2) is 8.42 Å². The second-order valence-electron chi connectivity index (χ2n) is 5.42. The van der Waals surface area contributed by atoms with Gasteiger partial charge in [0.1, 0.15) is 11.8 Å². The minimum absolute atomic E-state index is 0.104. The minimum atomic E-state index is -4.19. The molecule has 0 spiro atoms. The fraction of sp³-hybridized carbons (Fsp3) is 0.294. The fourth-order valence-electron chi connectivity index (χ4n) is 2.41. The monoisotopic (exact) mass is 382 g/mol. The molecule has 2 rings (SSSR count). The van der Waals surface area contributed by atoms with Crippen LogP contribution >= 0.6 is 0 Å². The summed E-state index contributed by atoms with van der Waals surface area (Å²) in [4.78, 5) is 15.4. The number of hydrogen-bond acceptors (Lipinski definition) is 5. The summed E-state index contributed by atoms with van der Waals surface area (Å²) in [6.07, 6.45) is 2.50. The molecule has 140 valence electrons. The van der Waals surface area contributed by atoms with E-state index in [2.05, 4.69) is 4.98 Å². The summed E-state index contributed by atoms with van der Waals surface area (Å²) in [5.74, 6) is -0.954. The molecule has 0 aliphatic carbocycles. The van der Waals surface area contributed by atoms with Crippen LogP contribution in [0.3, 0.4) is 0 Å². The van der Waals surface area contributed by atoms with Crippen molar-refractivity contribution < 1.29 is 27.4 Å². The first-order valence-corrected chi connectivity index (χ1v) is 9.17. The van der Waals surface area contributed by atoms with Gasteiger partial charge in [-0.05, 0) is 35.9 Å². The molecule has 0 fully saturated rings. The van der Waals surface area contributed by atoms with Gasteiger partial charge < -0.3 is 9.84 Å². The van der Waals surface area contributed by atoms with Crippen molar-refractivity contribution in [3.8, 4) is 5.75 Å². The van der Waals surface area contributed by atoms with Crippen LogP contribution in [0.5, 0.6) is 5.75 Å². The summed E-state index contributed by atoms with van der Waals surface area (Å²) in [7, 11) is -2.74. The highest BCUT2D eigenvalue weighted by Gasteiger charge is 2.36. The smallest absolute Gasteiger partial charge is 0.322 e. The number of aliphatic carboxylic acids is 1. The van der Waals surface area contributed by atoms with Gasteiger partial charge in [-0.15, -0.1) is 0 Å². The molecule has 0 unspecified atom stereocenters. The van der Waals surface area contributed by atoms with E-state index < -0.39 is 35.1 Å². The lowest BCUT2D eigenvalue weighted by atomic mass is 10.2. The van der Waals surface area contributed by atoms with Gasteiger partial charge in [-0.2, -0.15) is 4.31 Å². The molecule has 1 atom stereocenters. The lowest BCUT2D eigenvalue weighted by Gasteiger charge is -2.27. The van der Waals surface area contributed by atoms with Crippen LogP contribution in [0.25, 0.3) is 0 Å². The lowest BCUT2D eigenvalue weighted by molar-refractivity contribution is -0.142. The Morgan fingerprint density at radius 3 is 2.50 bits per heavy atom. The van der Waals surface area contributed by atoms with Crippen molar-refractivity contribution in [2.24, 2.45) is 0 Å². The first-order chi connectivity index (χ1) is 12.4. The van der Waals surface area contributed by atoms with E-state index in [4.69, 9.17) is 4.74 Å². The highest BCUT2D eigenvalue weighted by atomic mass is 32.2. The van der Waals surface area contributed by atoms with Gasteiger partial charge in [0, 0.05) is 25.4 Å². The SMILES string of the molecule is COc1ccc(S(=O)(=O)N(Cc2cccnc2)[C@H](CCF)C(=O)O)cc1. The van der Waals surface area contributed by atoms with E-state index in [1.807, 2.05) is 0 Å². The molecule has 7 nitrogen and oxygen atoms in total. The van der Waals surface area contributed by atoms with E-state index in [-0.39, 0.29) is 11.4 Å². The number of alkyl halides is 1. The highest BCUT2D eigenvalue weighted by Crippen LogP contribution is 2.24. The molecule has 0 bridgehead atoms. The molecule has 0 saturated carbocycles. The number of benzene rings is 1. The number of ether oxygens (including phenoxy) is 1. The van der Waals surface area contributed by atoms with Crippen LogP contribution in [-0.2, 0) is 21.4 Å². The zero-order chi connectivity index (χ0) is 19.2. The summed E-state index contributed by atoms with van der Waals surface area (Å²) in [5, 5.41) is 9.44. The van der Waals surface area contributed by atoms with Gasteiger partial charge >= 0.3 is 5.97 Å². The average molecular weight is 382 g/mol. The van der Waals surface area contributed by atoms with Crippen molar-refractivity contribution in [3.63, 3.8) is 0 Å². The number of pyridine rings is 1. The van der Waals surface area contributed by atoms with Gasteiger partial charge in [-0.3, -0.25) is 14.2 Å². The van der Waals surface area contributed by atoms with Gasteiger partial charge in [-0.1, -0.05) is 6.07 Å². The normalized spacial score (nSPS) is 12.7. The first-order valence-electron chi connectivity index (χ1n) is 7.73. The lowest BCUT2D eigenvalue weighted by Crippen LogP contribution is -2.44. The Balaban J connectivity index is 2.47. The number of carboxylic acid groups (broad SMARTS) is 1. The van der Waals surface area contributed by atoms with Crippen LogP contribution in [0.2, 0.25) is 0 Å². The molecule has 0 saturated heterocycles. The third-order valence-corrected chi connectivity index (χ3v) is 5.61. The zero-order valence-corrected chi connectivity index (χ0v) is 14.9. The zero-order valence-electron chi connectivity index (χ0n) is 14.1. The van der Waals surface area contributed by atoms with Crippen molar-refractivity contribution >= 4 is 16.0 Å². The van der Waals surface area contributed by atoms with Crippen LogP contribution in [-0.4, -0.2) is 48.6 Å². The Bertz CT molecular complexity index is 828. The number of sulfonamides is 1. The Morgan fingerprint density at radius 1 is 1.31 bits per heavy atom. The van der Waals surface area contributed by atoms with Crippen LogP contribution in [0.1, 0.15) is 12.0 Å². The van der Waals surface area contributed by atoms with Gasteiger partial charge in [0.05, 0.1) is 18.7 Å². The van der Waals surface area contributed by atoms with Crippen LogP contribution < -0.4 is 4.74 Å². The van der Waals surface area contributed by atoms with Crippen LogP contribution in [0.15, 0.2) is 53.7 Å². The number of hydrogen-bond donors (Lipinski definition) is 1. The molecular weight excluding hydrogens is 363 g/mol. The van der Waals surface area contributed by atoms with Crippen molar-refractivity contribution in [3.05, 3.63) is 54.4 Å². The highest BCUT2D eigenvalue weighted by molar-refractivity contribution is 7.89. The molecule has 0 aliphatic heterocycles. The molecule has 0 radical (unpaired) electrons. The molecule has 0 aliphatic rings. The van der Waals surface area contributed by atoms with E-state index >= 15 is 0 Å². The maximum Gasteiger partial charge on any atom is 0.322 e. The summed E-state index contributed by atoms with van der Waals surface area (Å²) >= 11 is 0. The molecule has 1 heterocycles. The van der Waals surface area contributed by atoms with Crippen molar-refractivity contribution in [1.82, 2.24) is 9.29 Å². The topological polar surface area (TPSA) is 96.8 Å². The number of rotatable bonds is 9. The molecule has 9 heteroatoms. The molecule has 0 amide bonds. The number of nitrogens with zero attached hydrogens (tertiary/aromatic N) is 2. The van der Waals surface area contributed by atoms with Gasteiger partial charge in [0.25, 0.3) is 0 Å². The van der Waals surface area contributed by atoms with Crippen LogP contribution in [0, 0.1) is 0 Å². The number of carboxylic acids is 1. The molecular formula is C17H19FN2O5S. The van der Waals surface area contributed by atoms with Crippen molar-refractivity contribution in [2.75, 3.05) is 13.8 Å². The maximum atomic E-state index is 13.0. The largest absolute Gasteiger partial charge is 0.497 e. The summed E-state index contributed by atoms with van der Waals surface area (Å²) in [6, 6.07) is 7.25. The van der Waals surface area contributed by atoms with E-state index in [9.17, 15) is 22.7 Å². The third-order valence-electron chi connectivity index (χ3n) is 3.74. The molecule has 1 N–H and O–H groups in total. The Kier molecular flexibility index (Phi) is 6.64. The number of aromatic nitrogens is 1. The van der Waals surface area contributed by atoms with E-state index in [0.717, 1.165) is 4.31 Å². The summed E-state index contributed by atoms with van der Waals surface area (Å²) in [5.41, 5.74) is 0.495. The predicted octanol–water partition coefficient (Wildman–Crippen LogP) is 2.09. The van der Waals surface area contributed by atoms with Gasteiger partial charge in [0.2, 0.25) is 10.0 Å². The van der Waals surface area contributed by atoms with E-state index in [0.29, 0.717) is 11.3 Å². The van der Waals surface area contributed by atoms with Crippen molar-refractivity contribution in [1.29, 1.82) is 0 Å². The molecule has 2 aromatic rings. The minimum Gasteiger partial charge on any atom is -0.497 e. The molecule has 1 aromatic heterocycles. The second kappa shape index (κ2) is 8.72. The fourth-order valence-corrected chi connectivity index (χ4v) is 4.01. The predicted molar refractivity (Wildman–Crippen MR) is 92.0 cm³/mol. The molecule has 1 aromatic carbocycles. The molecule has 26 heavy (non-hydrogen) atoms. The van der Waals surface area contributed by atoms with Gasteiger partial charge in [0.15, 0.2) is 0 Å². The Labute approximate surface area is 151 Å². The number of methoxy groups -OCH3 is 1. The maximum absolute atomic E-state index is 13.0. The average Bonchev–Trinajstić information content (AvgIpc) is 2.65. The summed E-state index contributed by atoms with van der Waals surface area (Å²) in [6.45, 7) is -1.20. The third kappa shape index (κ3) is 4.55. The Hall–Kier alpha value is -2.52. The van der Waals surface area contributed by atoms with Crippen LogP contribution in [0.4, 0.5) is 4.39 Å². The number of carbonyl (C=O) groups is 1. The first kappa shape index (κ1) is 19.8. The summed E-state index contributed by atoms with van der Waals surface area (Å²) < 4.78 is 44.7.